The van der Waals surface area contributed by atoms with Gasteiger partial charge < -0.3 is 35.2 Å². The molecule has 2 aliphatic rings. The maximum Gasteiger partial charge on any atom is 0.249 e. The van der Waals surface area contributed by atoms with Crippen molar-refractivity contribution in [3.05, 3.63) is 30.6 Å². The first kappa shape index (κ1) is 22.2. The molecule has 0 atom stereocenters. The minimum absolute atomic E-state index is 0.231. The highest BCUT2D eigenvalue weighted by atomic mass is 16.5. The summed E-state index contributed by atoms with van der Waals surface area (Å²) in [5.74, 6) is 2.70. The third-order valence-electron chi connectivity index (χ3n) is 6.12. The monoisotopic (exact) mass is 466 g/mol. The van der Waals surface area contributed by atoms with Gasteiger partial charge >= 0.3 is 0 Å². The number of methoxy groups -OCH3 is 1. The number of nitrogens with one attached hydrogen (secondary N) is 1. The van der Waals surface area contributed by atoms with Crippen LogP contribution in [0.3, 0.4) is 0 Å². The summed E-state index contributed by atoms with van der Waals surface area (Å²) in [5.41, 5.74) is 8.02. The number of hydrogen-bond acceptors (Lipinski definition) is 11. The molecule has 2 fully saturated rings. The van der Waals surface area contributed by atoms with Crippen LogP contribution in [0.2, 0.25) is 0 Å². The van der Waals surface area contributed by atoms with Crippen LogP contribution in [0.4, 0.5) is 29.1 Å². The molecule has 34 heavy (non-hydrogen) atoms. The first-order valence-electron chi connectivity index (χ1n) is 11.4. The van der Waals surface area contributed by atoms with Crippen LogP contribution in [0.1, 0.15) is 0 Å². The summed E-state index contributed by atoms with van der Waals surface area (Å²) in [6.07, 6.45) is 1.53. The number of nitrogens with zero attached hydrogens (tertiary/aromatic N) is 8. The first-order chi connectivity index (χ1) is 16.6. The Hall–Kier alpha value is -3.64. The lowest BCUT2D eigenvalue weighted by Crippen LogP contribution is -2.44. The van der Waals surface area contributed by atoms with E-state index in [9.17, 15) is 0 Å². The van der Waals surface area contributed by atoms with E-state index >= 15 is 0 Å². The lowest BCUT2D eigenvalue weighted by molar-refractivity contribution is 0.122. The highest BCUT2D eigenvalue weighted by Gasteiger charge is 2.19. The van der Waals surface area contributed by atoms with Gasteiger partial charge in [-0.1, -0.05) is 0 Å². The van der Waals surface area contributed by atoms with Crippen molar-refractivity contribution in [2.24, 2.45) is 0 Å². The normalized spacial score (nSPS) is 17.1. The van der Waals surface area contributed by atoms with E-state index in [0.717, 1.165) is 69.7 Å². The Balaban J connectivity index is 1.34. The number of piperazine rings is 1. The molecule has 5 rings (SSSR count). The maximum atomic E-state index is 6.18. The van der Waals surface area contributed by atoms with Gasteiger partial charge in [0, 0.05) is 57.1 Å². The van der Waals surface area contributed by atoms with Gasteiger partial charge in [0.2, 0.25) is 11.9 Å². The van der Waals surface area contributed by atoms with Crippen molar-refractivity contribution in [2.75, 3.05) is 87.5 Å². The van der Waals surface area contributed by atoms with Gasteiger partial charge in [-0.2, -0.15) is 9.67 Å². The number of benzene rings is 1. The summed E-state index contributed by atoms with van der Waals surface area (Å²) in [4.78, 5) is 20.0. The Morgan fingerprint density at radius 3 is 2.50 bits per heavy atom. The molecule has 0 radical (unpaired) electrons. The van der Waals surface area contributed by atoms with E-state index in [1.165, 1.54) is 11.0 Å². The van der Waals surface area contributed by atoms with Crippen molar-refractivity contribution in [2.45, 2.75) is 0 Å². The molecule has 2 saturated heterocycles. The van der Waals surface area contributed by atoms with Gasteiger partial charge in [-0.3, -0.25) is 0 Å². The van der Waals surface area contributed by atoms with Crippen molar-refractivity contribution in [1.82, 2.24) is 29.6 Å². The molecule has 0 aliphatic carbocycles. The van der Waals surface area contributed by atoms with Crippen molar-refractivity contribution in [1.29, 1.82) is 0 Å². The lowest BCUT2D eigenvalue weighted by Gasteiger charge is -2.33. The van der Waals surface area contributed by atoms with Crippen molar-refractivity contribution >= 4 is 29.1 Å². The second-order valence-corrected chi connectivity index (χ2v) is 8.34. The molecular weight excluding hydrogens is 436 g/mol. The Labute approximate surface area is 198 Å². The molecule has 12 nitrogen and oxygen atoms in total. The number of ether oxygens (including phenoxy) is 2. The number of likely N-dealkylation sites (N-methyl/N-ethyl adjacent to an activating group) is 1. The number of aromatic nitrogens is 5. The zero-order valence-corrected chi connectivity index (χ0v) is 19.5. The van der Waals surface area contributed by atoms with Gasteiger partial charge in [0.05, 0.1) is 26.0 Å². The van der Waals surface area contributed by atoms with Gasteiger partial charge in [-0.05, 0) is 19.2 Å². The molecule has 12 heteroatoms. The predicted molar refractivity (Wildman–Crippen MR) is 130 cm³/mol. The molecule has 0 saturated carbocycles. The smallest absolute Gasteiger partial charge is 0.249 e. The highest BCUT2D eigenvalue weighted by Crippen LogP contribution is 2.32. The molecular formula is C22H30N10O2. The molecule has 180 valence electrons. The van der Waals surface area contributed by atoms with Crippen LogP contribution in [0.5, 0.6) is 5.75 Å². The fraction of sp³-hybridized carbons (Fsp3) is 0.455. The average Bonchev–Trinajstić information content (AvgIpc) is 3.25. The number of nitrogen functional groups attached to an aromatic ring is 1. The Kier molecular flexibility index (Phi) is 6.32. The van der Waals surface area contributed by atoms with Crippen LogP contribution in [-0.2, 0) is 4.74 Å². The van der Waals surface area contributed by atoms with E-state index in [0.29, 0.717) is 17.5 Å². The lowest BCUT2D eigenvalue weighted by atomic mass is 10.2. The topological polar surface area (TPSA) is 123 Å². The highest BCUT2D eigenvalue weighted by molar-refractivity contribution is 5.68. The summed E-state index contributed by atoms with van der Waals surface area (Å²) in [7, 11) is 3.77. The Morgan fingerprint density at radius 1 is 0.971 bits per heavy atom. The van der Waals surface area contributed by atoms with E-state index in [1.807, 2.05) is 24.3 Å². The summed E-state index contributed by atoms with van der Waals surface area (Å²) >= 11 is 0. The van der Waals surface area contributed by atoms with Crippen LogP contribution in [0.15, 0.2) is 30.6 Å². The van der Waals surface area contributed by atoms with E-state index in [-0.39, 0.29) is 5.95 Å². The molecule has 3 N–H and O–H groups in total. The minimum atomic E-state index is 0.231. The summed E-state index contributed by atoms with van der Waals surface area (Å²) < 4.78 is 12.6. The molecule has 3 aromatic rings. The van der Waals surface area contributed by atoms with Gasteiger partial charge in [0.1, 0.15) is 17.9 Å². The first-order valence-corrected chi connectivity index (χ1v) is 11.4. The fourth-order valence-electron chi connectivity index (χ4n) is 4.13. The van der Waals surface area contributed by atoms with Crippen LogP contribution in [-0.4, -0.2) is 96.3 Å². The molecule has 0 spiro atoms. The van der Waals surface area contributed by atoms with E-state index in [2.05, 4.69) is 47.1 Å². The zero-order valence-electron chi connectivity index (χ0n) is 19.5. The van der Waals surface area contributed by atoms with E-state index < -0.39 is 0 Å². The van der Waals surface area contributed by atoms with Gasteiger partial charge in [-0.15, -0.1) is 5.10 Å². The van der Waals surface area contributed by atoms with Crippen molar-refractivity contribution < 1.29 is 9.47 Å². The average molecular weight is 467 g/mol. The molecule has 0 unspecified atom stereocenters. The zero-order chi connectivity index (χ0) is 23.5. The number of rotatable bonds is 6. The number of hydrogen-bond donors (Lipinski definition) is 2. The predicted octanol–water partition coefficient (Wildman–Crippen LogP) is 0.980. The molecule has 0 bridgehead atoms. The maximum absolute atomic E-state index is 6.18. The number of nitrogens with two attached hydrogens (primary N) is 1. The van der Waals surface area contributed by atoms with E-state index in [1.54, 1.807) is 7.11 Å². The summed E-state index contributed by atoms with van der Waals surface area (Å²) in [5, 5.41) is 7.75. The second kappa shape index (κ2) is 9.69. The van der Waals surface area contributed by atoms with Crippen LogP contribution in [0, 0.1) is 0 Å². The van der Waals surface area contributed by atoms with Gasteiger partial charge in [0.15, 0.2) is 5.82 Å². The van der Waals surface area contributed by atoms with E-state index in [4.69, 9.17) is 15.2 Å². The van der Waals surface area contributed by atoms with Crippen LogP contribution < -0.4 is 25.6 Å². The summed E-state index contributed by atoms with van der Waals surface area (Å²) in [6.45, 7) is 6.96. The number of morpholine rings is 1. The quantitative estimate of drug-likeness (QED) is 0.540. The van der Waals surface area contributed by atoms with Crippen LogP contribution in [0.25, 0.3) is 5.82 Å². The molecule has 4 heterocycles. The molecule has 0 amide bonds. The molecule has 2 aliphatic heterocycles. The van der Waals surface area contributed by atoms with Gasteiger partial charge in [0.25, 0.3) is 0 Å². The van der Waals surface area contributed by atoms with Crippen molar-refractivity contribution in [3.8, 4) is 11.6 Å². The Bertz CT molecular complexity index is 1120. The minimum Gasteiger partial charge on any atom is -0.494 e. The van der Waals surface area contributed by atoms with Gasteiger partial charge in [-0.25, -0.2) is 9.97 Å². The molecule has 2 aromatic heterocycles. The number of anilines is 5. The SMILES string of the molecule is COc1cc(N2CCOCC2)ccc1Nc1nc(N)n(-c2cc(N3CCN(C)CC3)ncn2)n1. The third kappa shape index (κ3) is 4.68. The molecule has 1 aromatic carbocycles. The Morgan fingerprint density at radius 2 is 1.74 bits per heavy atom. The third-order valence-corrected chi connectivity index (χ3v) is 6.12. The fourth-order valence-corrected chi connectivity index (χ4v) is 4.13. The van der Waals surface area contributed by atoms with Crippen molar-refractivity contribution in [3.63, 3.8) is 0 Å². The standard InChI is InChI=1S/C22H30N10O2/c1-29-5-7-31(8-6-29)19-14-20(25-15-24-19)32-21(23)27-22(28-32)26-17-4-3-16(13-18(17)33-2)30-9-11-34-12-10-30/h3-4,13-15H,5-12H2,1-2H3,(H3,23,26,27,28). The second-order valence-electron chi connectivity index (χ2n) is 8.34. The summed E-state index contributed by atoms with van der Waals surface area (Å²) in [6, 6.07) is 7.89. The van der Waals surface area contributed by atoms with Crippen LogP contribution >= 0.6 is 0 Å². The largest absolute Gasteiger partial charge is 0.494 e.